The molecule has 1 aromatic rings. The second kappa shape index (κ2) is 6.20. The lowest BCUT2D eigenvalue weighted by Gasteiger charge is -2.28. The van der Waals surface area contributed by atoms with Crippen molar-refractivity contribution in [3.05, 3.63) is 35.4 Å². The zero-order chi connectivity index (χ0) is 12.1. The van der Waals surface area contributed by atoms with Crippen LogP contribution in [0.1, 0.15) is 56.6 Å². The van der Waals surface area contributed by atoms with E-state index in [0.717, 1.165) is 12.5 Å². The van der Waals surface area contributed by atoms with Crippen LogP contribution in [0.25, 0.3) is 0 Å². The van der Waals surface area contributed by atoms with Gasteiger partial charge < -0.3 is 5.32 Å². The molecule has 0 amide bonds. The van der Waals surface area contributed by atoms with Crippen LogP contribution >= 0.6 is 0 Å². The smallest absolute Gasteiger partial charge is 0.00103 e. The zero-order valence-corrected chi connectivity index (χ0v) is 11.2. The number of aryl methyl sites for hydroxylation is 1. The summed E-state index contributed by atoms with van der Waals surface area (Å²) in [6.45, 7) is 5.56. The van der Waals surface area contributed by atoms with Gasteiger partial charge in [-0.3, -0.25) is 0 Å². The van der Waals surface area contributed by atoms with Gasteiger partial charge in [0.25, 0.3) is 0 Å². The van der Waals surface area contributed by atoms with Crippen molar-refractivity contribution < 1.29 is 0 Å². The van der Waals surface area contributed by atoms with Gasteiger partial charge in [-0.15, -0.1) is 0 Å². The van der Waals surface area contributed by atoms with E-state index in [2.05, 4.69) is 43.4 Å². The summed E-state index contributed by atoms with van der Waals surface area (Å²) in [6.07, 6.45) is 6.71. The number of benzene rings is 1. The number of hydrogen-bond acceptors (Lipinski definition) is 1. The molecule has 0 radical (unpaired) electrons. The Hall–Kier alpha value is -0.820. The highest BCUT2D eigenvalue weighted by Crippen LogP contribution is 2.38. The number of nitrogens with one attached hydrogen (secondary N) is 1. The first-order valence-electron chi connectivity index (χ1n) is 7.08. The molecule has 0 atom stereocenters. The molecule has 0 bridgehead atoms. The van der Waals surface area contributed by atoms with Crippen molar-refractivity contribution in [3.8, 4) is 0 Å². The van der Waals surface area contributed by atoms with Crippen molar-refractivity contribution in [1.29, 1.82) is 0 Å². The van der Waals surface area contributed by atoms with E-state index in [9.17, 15) is 0 Å². The molecule has 2 rings (SSSR count). The molecule has 0 saturated heterocycles. The Labute approximate surface area is 106 Å². The molecule has 0 heterocycles. The topological polar surface area (TPSA) is 12.0 Å². The van der Waals surface area contributed by atoms with Gasteiger partial charge in [0.15, 0.2) is 0 Å². The van der Waals surface area contributed by atoms with Crippen LogP contribution in [0.2, 0.25) is 0 Å². The minimum atomic E-state index is 0.608. The molecular weight excluding hydrogens is 206 g/mol. The largest absolute Gasteiger partial charge is 0.315 e. The van der Waals surface area contributed by atoms with Crippen LogP contribution in [0, 0.1) is 0 Å². The number of hydrogen-bond donors (Lipinski definition) is 1. The molecule has 1 aromatic carbocycles. The van der Waals surface area contributed by atoms with Crippen molar-refractivity contribution >= 4 is 0 Å². The van der Waals surface area contributed by atoms with Gasteiger partial charge in [0.2, 0.25) is 0 Å². The van der Waals surface area contributed by atoms with Crippen LogP contribution in [0.15, 0.2) is 24.3 Å². The molecule has 0 spiro atoms. The zero-order valence-electron chi connectivity index (χ0n) is 11.2. The molecule has 1 aliphatic carbocycles. The molecule has 1 nitrogen and oxygen atoms in total. The second-order valence-corrected chi connectivity index (χ2v) is 5.54. The first kappa shape index (κ1) is 12.6. The Morgan fingerprint density at radius 2 is 2.00 bits per heavy atom. The lowest BCUT2D eigenvalue weighted by Crippen LogP contribution is -2.24. The van der Waals surface area contributed by atoms with Crippen LogP contribution in [-0.2, 0) is 6.42 Å². The third-order valence-corrected chi connectivity index (χ3v) is 3.78. The quantitative estimate of drug-likeness (QED) is 0.733. The fourth-order valence-electron chi connectivity index (χ4n) is 2.55. The highest BCUT2D eigenvalue weighted by molar-refractivity contribution is 5.31. The van der Waals surface area contributed by atoms with E-state index in [1.54, 1.807) is 11.1 Å². The molecule has 0 unspecified atom stereocenters. The molecule has 1 N–H and O–H groups in total. The molecule has 0 aromatic heterocycles. The molecule has 1 aliphatic rings. The predicted molar refractivity (Wildman–Crippen MR) is 74.5 cm³/mol. The van der Waals surface area contributed by atoms with Crippen molar-refractivity contribution in [3.63, 3.8) is 0 Å². The van der Waals surface area contributed by atoms with Gasteiger partial charge in [-0.25, -0.2) is 0 Å². The van der Waals surface area contributed by atoms with Gasteiger partial charge >= 0.3 is 0 Å². The summed E-state index contributed by atoms with van der Waals surface area (Å²) in [4.78, 5) is 0. The molecule has 17 heavy (non-hydrogen) atoms. The van der Waals surface area contributed by atoms with Gasteiger partial charge in [-0.05, 0) is 49.3 Å². The molecule has 1 saturated carbocycles. The molecule has 0 aliphatic heterocycles. The minimum absolute atomic E-state index is 0.608. The molecule has 94 valence electrons. The van der Waals surface area contributed by atoms with Crippen molar-refractivity contribution in [2.75, 3.05) is 6.54 Å². The molecule has 1 heteroatoms. The second-order valence-electron chi connectivity index (χ2n) is 5.54. The molecule has 1 fully saturated rings. The van der Waals surface area contributed by atoms with E-state index < -0.39 is 0 Å². The van der Waals surface area contributed by atoms with Crippen LogP contribution < -0.4 is 5.32 Å². The average molecular weight is 231 g/mol. The normalized spacial score (nSPS) is 16.2. The van der Waals surface area contributed by atoms with E-state index in [0.29, 0.717) is 6.04 Å². The summed E-state index contributed by atoms with van der Waals surface area (Å²) < 4.78 is 0. The van der Waals surface area contributed by atoms with E-state index in [4.69, 9.17) is 0 Å². The van der Waals surface area contributed by atoms with Gasteiger partial charge in [-0.2, -0.15) is 0 Å². The van der Waals surface area contributed by atoms with Crippen LogP contribution in [-0.4, -0.2) is 12.6 Å². The Morgan fingerprint density at radius 1 is 1.24 bits per heavy atom. The summed E-state index contributed by atoms with van der Waals surface area (Å²) in [5, 5.41) is 3.49. The third kappa shape index (κ3) is 3.57. The molecular formula is C16H25N. The highest BCUT2D eigenvalue weighted by atomic mass is 14.9. The maximum absolute atomic E-state index is 3.49. The standard InChI is InChI=1S/C16H25N/c1-13(2)17-12-6-10-14-7-3-4-11-16(14)15-8-5-9-15/h3-4,7,11,13,15,17H,5-6,8-10,12H2,1-2H3. The first-order valence-corrected chi connectivity index (χ1v) is 7.08. The van der Waals surface area contributed by atoms with Crippen molar-refractivity contribution in [2.45, 2.75) is 57.9 Å². The van der Waals surface area contributed by atoms with E-state index >= 15 is 0 Å². The van der Waals surface area contributed by atoms with Crippen LogP contribution in [0.3, 0.4) is 0 Å². The van der Waals surface area contributed by atoms with Crippen LogP contribution in [0.5, 0.6) is 0 Å². The lowest BCUT2D eigenvalue weighted by atomic mass is 9.77. The lowest BCUT2D eigenvalue weighted by molar-refractivity contribution is 0.416. The van der Waals surface area contributed by atoms with Gasteiger partial charge in [0, 0.05) is 6.04 Å². The van der Waals surface area contributed by atoms with Crippen molar-refractivity contribution in [1.82, 2.24) is 5.32 Å². The monoisotopic (exact) mass is 231 g/mol. The van der Waals surface area contributed by atoms with Crippen molar-refractivity contribution in [2.24, 2.45) is 0 Å². The Bertz CT molecular complexity index is 339. The highest BCUT2D eigenvalue weighted by Gasteiger charge is 2.21. The first-order chi connectivity index (χ1) is 8.27. The summed E-state index contributed by atoms with van der Waals surface area (Å²) in [6, 6.07) is 9.66. The van der Waals surface area contributed by atoms with Gasteiger partial charge in [-0.1, -0.05) is 44.5 Å². The van der Waals surface area contributed by atoms with Gasteiger partial charge in [0.05, 0.1) is 0 Å². The Balaban J connectivity index is 1.86. The van der Waals surface area contributed by atoms with Gasteiger partial charge in [0.1, 0.15) is 0 Å². The van der Waals surface area contributed by atoms with E-state index in [-0.39, 0.29) is 0 Å². The van der Waals surface area contributed by atoms with E-state index in [1.165, 1.54) is 32.1 Å². The third-order valence-electron chi connectivity index (χ3n) is 3.78. The minimum Gasteiger partial charge on any atom is -0.315 e. The summed E-state index contributed by atoms with van der Waals surface area (Å²) in [5.74, 6) is 0.865. The summed E-state index contributed by atoms with van der Waals surface area (Å²) in [5.41, 5.74) is 3.21. The maximum atomic E-state index is 3.49. The number of rotatable bonds is 6. The Kier molecular flexibility index (Phi) is 4.61. The van der Waals surface area contributed by atoms with Crippen LogP contribution in [0.4, 0.5) is 0 Å². The Morgan fingerprint density at radius 3 is 2.65 bits per heavy atom. The average Bonchev–Trinajstić information content (AvgIpc) is 2.24. The van der Waals surface area contributed by atoms with E-state index in [1.807, 2.05) is 0 Å². The summed E-state index contributed by atoms with van der Waals surface area (Å²) >= 11 is 0. The predicted octanol–water partition coefficient (Wildman–Crippen LogP) is 3.88. The SMILES string of the molecule is CC(C)NCCCc1ccccc1C1CCC1. The fourth-order valence-corrected chi connectivity index (χ4v) is 2.55. The maximum Gasteiger partial charge on any atom is 0.00103 e. The summed E-state index contributed by atoms with van der Waals surface area (Å²) in [7, 11) is 0. The fraction of sp³-hybridized carbons (Fsp3) is 0.625.